The van der Waals surface area contributed by atoms with Gasteiger partial charge in [-0.2, -0.15) is 0 Å². The minimum absolute atomic E-state index is 0.319. The van der Waals surface area contributed by atoms with Crippen molar-refractivity contribution >= 4 is 13.5 Å². The zero-order chi connectivity index (χ0) is 17.7. The van der Waals surface area contributed by atoms with Gasteiger partial charge in [0.1, 0.15) is 11.5 Å². The normalized spacial score (nSPS) is 11.0. The number of carbonyl (C=O) groups is 1. The third kappa shape index (κ3) is 4.62. The van der Waals surface area contributed by atoms with E-state index < -0.39 is 7.60 Å². The third-order valence-electron chi connectivity index (χ3n) is 3.49. The summed E-state index contributed by atoms with van der Waals surface area (Å²) < 4.78 is 24.7. The van der Waals surface area contributed by atoms with E-state index in [4.69, 9.17) is 9.05 Å². The lowest BCUT2D eigenvalue weighted by molar-refractivity contribution is -0.126. The maximum atomic E-state index is 13.3. The van der Waals surface area contributed by atoms with Gasteiger partial charge < -0.3 is 13.9 Å². The van der Waals surface area contributed by atoms with Crippen LogP contribution in [0.5, 0.6) is 11.5 Å². The molecule has 0 heterocycles. The van der Waals surface area contributed by atoms with E-state index in [2.05, 4.69) is 0 Å². The van der Waals surface area contributed by atoms with Gasteiger partial charge in [-0.1, -0.05) is 36.4 Å². The summed E-state index contributed by atoms with van der Waals surface area (Å²) in [6.45, 7) is 3.70. The van der Waals surface area contributed by atoms with Gasteiger partial charge in [-0.05, 0) is 37.1 Å². The molecule has 0 unspecified atom stereocenters. The molecule has 0 atom stereocenters. The van der Waals surface area contributed by atoms with E-state index in [1.54, 1.807) is 38.4 Å². The van der Waals surface area contributed by atoms with Crippen LogP contribution >= 0.6 is 7.60 Å². The summed E-state index contributed by atoms with van der Waals surface area (Å²) in [5, 5.41) is 0. The highest BCUT2D eigenvalue weighted by Gasteiger charge is 2.33. The first-order chi connectivity index (χ1) is 11.3. The van der Waals surface area contributed by atoms with Gasteiger partial charge in [-0.3, -0.25) is 4.79 Å². The lowest BCUT2D eigenvalue weighted by Gasteiger charge is -2.22. The number of aryl methyl sites for hydroxylation is 2. The molecule has 5 nitrogen and oxygen atoms in total. The van der Waals surface area contributed by atoms with Gasteiger partial charge in [-0.15, -0.1) is 0 Å². The molecule has 24 heavy (non-hydrogen) atoms. The Labute approximate surface area is 142 Å². The van der Waals surface area contributed by atoms with E-state index in [1.807, 2.05) is 38.1 Å². The molecule has 0 radical (unpaired) electrons. The van der Waals surface area contributed by atoms with Crippen molar-refractivity contribution in [3.63, 3.8) is 0 Å². The van der Waals surface area contributed by atoms with Crippen LogP contribution in [0, 0.1) is 13.8 Å². The molecule has 0 N–H and O–H groups in total. The summed E-state index contributed by atoms with van der Waals surface area (Å²) in [5.41, 5.74) is 1.65. The van der Waals surface area contributed by atoms with Gasteiger partial charge in [0.2, 0.25) is 5.91 Å². The molecule has 0 spiro atoms. The van der Waals surface area contributed by atoms with Crippen LogP contribution in [0.25, 0.3) is 0 Å². The van der Waals surface area contributed by atoms with E-state index in [0.29, 0.717) is 11.5 Å². The fourth-order valence-electron chi connectivity index (χ4n) is 2.01. The first kappa shape index (κ1) is 18.1. The van der Waals surface area contributed by atoms with Crippen molar-refractivity contribution in [1.82, 2.24) is 4.90 Å². The summed E-state index contributed by atoms with van der Waals surface area (Å²) in [6, 6.07) is 14.4. The molecule has 0 bridgehead atoms. The van der Waals surface area contributed by atoms with Crippen molar-refractivity contribution in [1.29, 1.82) is 0 Å². The maximum absolute atomic E-state index is 13.3. The van der Waals surface area contributed by atoms with Crippen LogP contribution in [-0.2, 0) is 9.36 Å². The molecule has 0 fully saturated rings. The van der Waals surface area contributed by atoms with Crippen molar-refractivity contribution in [2.75, 3.05) is 20.3 Å². The average Bonchev–Trinajstić information content (AvgIpc) is 2.52. The minimum Gasteiger partial charge on any atom is -0.415 e. The largest absolute Gasteiger partial charge is 0.440 e. The molecule has 6 heteroatoms. The van der Waals surface area contributed by atoms with E-state index in [1.165, 1.54) is 4.90 Å². The van der Waals surface area contributed by atoms with E-state index in [0.717, 1.165) is 11.1 Å². The second kappa shape index (κ2) is 7.54. The van der Waals surface area contributed by atoms with Crippen LogP contribution in [0.1, 0.15) is 11.1 Å². The number of amides is 1. The van der Waals surface area contributed by atoms with Gasteiger partial charge in [0.05, 0.1) is 0 Å². The number of benzene rings is 2. The summed E-state index contributed by atoms with van der Waals surface area (Å²) in [6.07, 6.45) is -0.331. The number of hydrogen-bond acceptors (Lipinski definition) is 4. The van der Waals surface area contributed by atoms with Gasteiger partial charge in [0, 0.05) is 14.1 Å². The Morgan fingerprint density at radius 2 is 1.33 bits per heavy atom. The highest BCUT2D eigenvalue weighted by atomic mass is 31.2. The molecule has 0 saturated heterocycles. The number of nitrogens with zero attached hydrogens (tertiary/aromatic N) is 1. The highest BCUT2D eigenvalue weighted by Crippen LogP contribution is 2.49. The molecule has 128 valence electrons. The summed E-state index contributed by atoms with van der Waals surface area (Å²) in [5.74, 6) is 0.572. The minimum atomic E-state index is -3.72. The monoisotopic (exact) mass is 347 g/mol. The smallest absolute Gasteiger partial charge is 0.415 e. The second-order valence-corrected chi connectivity index (χ2v) is 7.67. The third-order valence-corrected chi connectivity index (χ3v) is 5.10. The predicted octanol–water partition coefficient (Wildman–Crippen LogP) is 4.04. The fraction of sp³-hybridized carbons (Fsp3) is 0.278. The Hall–Kier alpha value is -2.26. The van der Waals surface area contributed by atoms with Gasteiger partial charge in [-0.25, -0.2) is 4.57 Å². The van der Waals surface area contributed by atoms with Crippen LogP contribution in [0.15, 0.2) is 48.5 Å². The molecule has 1 amide bonds. The Kier molecular flexibility index (Phi) is 5.68. The Bertz CT molecular complexity index is 722. The van der Waals surface area contributed by atoms with Crippen LogP contribution in [0.2, 0.25) is 0 Å². The molecule has 2 rings (SSSR count). The first-order valence-corrected chi connectivity index (χ1v) is 9.33. The molecular formula is C18H22NO4P. The van der Waals surface area contributed by atoms with Gasteiger partial charge in [0.25, 0.3) is 0 Å². The van der Waals surface area contributed by atoms with E-state index in [9.17, 15) is 9.36 Å². The summed E-state index contributed by atoms with van der Waals surface area (Å²) in [4.78, 5) is 13.5. The van der Waals surface area contributed by atoms with Crippen molar-refractivity contribution in [3.05, 3.63) is 59.7 Å². The molecule has 0 aliphatic heterocycles. The van der Waals surface area contributed by atoms with Gasteiger partial charge >= 0.3 is 7.60 Å². The first-order valence-electron chi connectivity index (χ1n) is 7.60. The zero-order valence-corrected chi connectivity index (χ0v) is 15.2. The predicted molar refractivity (Wildman–Crippen MR) is 94.8 cm³/mol. The highest BCUT2D eigenvalue weighted by molar-refractivity contribution is 7.55. The standard InChI is InChI=1S/C18H22NO4P/c1-14-9-5-7-11-16(14)22-24(21,13-18(20)19(3)4)23-17-12-8-6-10-15(17)2/h5-12H,13H2,1-4H3. The average molecular weight is 347 g/mol. The van der Waals surface area contributed by atoms with E-state index >= 15 is 0 Å². The summed E-state index contributed by atoms with van der Waals surface area (Å²) in [7, 11) is -0.508. The lowest BCUT2D eigenvalue weighted by Crippen LogP contribution is -2.27. The molecule has 0 aromatic heterocycles. The molecule has 2 aromatic rings. The Balaban J connectivity index is 2.34. The van der Waals surface area contributed by atoms with Crippen LogP contribution in [-0.4, -0.2) is 31.1 Å². The quantitative estimate of drug-likeness (QED) is 0.740. The van der Waals surface area contributed by atoms with Crippen molar-refractivity contribution in [2.24, 2.45) is 0 Å². The molecule has 0 aliphatic carbocycles. The summed E-state index contributed by atoms with van der Waals surface area (Å²) >= 11 is 0. The number of rotatable bonds is 6. The van der Waals surface area contributed by atoms with Crippen LogP contribution in [0.4, 0.5) is 0 Å². The van der Waals surface area contributed by atoms with Crippen molar-refractivity contribution in [2.45, 2.75) is 13.8 Å². The van der Waals surface area contributed by atoms with Crippen LogP contribution < -0.4 is 9.05 Å². The van der Waals surface area contributed by atoms with Gasteiger partial charge in [0.15, 0.2) is 6.16 Å². The molecule has 0 saturated carbocycles. The molecule has 0 aliphatic rings. The van der Waals surface area contributed by atoms with Crippen molar-refractivity contribution in [3.8, 4) is 11.5 Å². The Morgan fingerprint density at radius 3 is 1.71 bits per heavy atom. The number of carbonyl (C=O) groups excluding carboxylic acids is 1. The number of para-hydroxylation sites is 2. The maximum Gasteiger partial charge on any atom is 0.440 e. The second-order valence-electron chi connectivity index (χ2n) is 5.77. The Morgan fingerprint density at radius 1 is 0.917 bits per heavy atom. The van der Waals surface area contributed by atoms with E-state index in [-0.39, 0.29) is 12.1 Å². The molecular weight excluding hydrogens is 325 g/mol. The number of hydrogen-bond donors (Lipinski definition) is 0. The molecule has 2 aromatic carbocycles. The van der Waals surface area contributed by atoms with Crippen LogP contribution in [0.3, 0.4) is 0 Å². The lowest BCUT2D eigenvalue weighted by atomic mass is 10.2. The fourth-order valence-corrected chi connectivity index (χ4v) is 3.80. The van der Waals surface area contributed by atoms with Crippen molar-refractivity contribution < 1.29 is 18.4 Å². The SMILES string of the molecule is Cc1ccccc1OP(=O)(CC(=O)N(C)C)Oc1ccccc1C. The zero-order valence-electron chi connectivity index (χ0n) is 14.4. The topological polar surface area (TPSA) is 55.8 Å².